The van der Waals surface area contributed by atoms with Crippen molar-refractivity contribution in [2.24, 2.45) is 0 Å². The van der Waals surface area contributed by atoms with Gasteiger partial charge in [0.05, 0.1) is 5.97 Å². The molecule has 6 nitrogen and oxygen atoms in total. The van der Waals surface area contributed by atoms with Crippen molar-refractivity contribution >= 4 is 23.5 Å². The van der Waals surface area contributed by atoms with Crippen molar-refractivity contribution < 1.29 is 19.5 Å². The van der Waals surface area contributed by atoms with Gasteiger partial charge in [-0.05, 0) is 31.2 Å². The summed E-state index contributed by atoms with van der Waals surface area (Å²) in [6.45, 7) is 1.91. The van der Waals surface area contributed by atoms with Crippen LogP contribution in [0.4, 0.5) is 5.69 Å². The van der Waals surface area contributed by atoms with E-state index in [1.165, 1.54) is 25.2 Å². The molecule has 23 heavy (non-hydrogen) atoms. The summed E-state index contributed by atoms with van der Waals surface area (Å²) in [6.07, 6.45) is 0. The molecule has 0 saturated heterocycles. The van der Waals surface area contributed by atoms with Gasteiger partial charge in [-0.15, -0.1) is 0 Å². The number of carboxylic acids is 1. The first-order valence-corrected chi connectivity index (χ1v) is 6.88. The van der Waals surface area contributed by atoms with Crippen molar-refractivity contribution in [2.75, 3.05) is 12.4 Å². The van der Waals surface area contributed by atoms with E-state index in [0.29, 0.717) is 5.69 Å². The van der Waals surface area contributed by atoms with E-state index in [0.717, 1.165) is 5.56 Å². The highest BCUT2D eigenvalue weighted by Gasteiger charge is 2.15. The minimum Gasteiger partial charge on any atom is -0.545 e. The lowest BCUT2D eigenvalue weighted by Gasteiger charge is -2.12. The fourth-order valence-corrected chi connectivity index (χ4v) is 2.03. The second kappa shape index (κ2) is 6.74. The average molecular weight is 311 g/mol. The van der Waals surface area contributed by atoms with Crippen molar-refractivity contribution in [3.05, 3.63) is 64.7 Å². The highest BCUT2D eigenvalue weighted by molar-refractivity contribution is 6.11. The number of nitrogens with one attached hydrogen (secondary N) is 2. The molecule has 0 aliphatic heterocycles. The van der Waals surface area contributed by atoms with E-state index in [2.05, 4.69) is 10.6 Å². The Bertz CT molecular complexity index is 767. The minimum absolute atomic E-state index is 0.133. The first kappa shape index (κ1) is 16.2. The molecule has 0 fully saturated rings. The molecular weight excluding hydrogens is 296 g/mol. The zero-order valence-corrected chi connectivity index (χ0v) is 12.7. The van der Waals surface area contributed by atoms with Crippen molar-refractivity contribution in [3.63, 3.8) is 0 Å². The third-order valence-corrected chi connectivity index (χ3v) is 3.28. The molecule has 2 amide bonds. The first-order valence-electron chi connectivity index (χ1n) is 6.88. The number of carboxylic acid groups (broad SMARTS) is 1. The second-order valence-corrected chi connectivity index (χ2v) is 4.95. The Morgan fingerprint density at radius 1 is 0.913 bits per heavy atom. The smallest absolute Gasteiger partial charge is 0.256 e. The van der Waals surface area contributed by atoms with Crippen LogP contribution in [0.2, 0.25) is 0 Å². The number of rotatable bonds is 4. The van der Waals surface area contributed by atoms with Gasteiger partial charge in [0.2, 0.25) is 0 Å². The van der Waals surface area contributed by atoms with E-state index in [9.17, 15) is 19.5 Å². The predicted molar refractivity (Wildman–Crippen MR) is 83.3 cm³/mol. The lowest BCUT2D eigenvalue weighted by atomic mass is 10.0. The zero-order chi connectivity index (χ0) is 17.0. The second-order valence-electron chi connectivity index (χ2n) is 4.95. The van der Waals surface area contributed by atoms with Gasteiger partial charge < -0.3 is 20.5 Å². The number of carbonyl (C=O) groups excluding carboxylic acids is 3. The normalized spacial score (nSPS) is 10.0. The Labute approximate surface area is 133 Å². The zero-order valence-electron chi connectivity index (χ0n) is 12.7. The lowest BCUT2D eigenvalue weighted by molar-refractivity contribution is -0.255. The molecule has 0 spiro atoms. The Balaban J connectivity index is 2.38. The maximum Gasteiger partial charge on any atom is 0.256 e. The van der Waals surface area contributed by atoms with Crippen molar-refractivity contribution in [3.8, 4) is 0 Å². The Hall–Kier alpha value is -3.15. The molecule has 0 bridgehead atoms. The van der Waals surface area contributed by atoms with Gasteiger partial charge in [0.25, 0.3) is 11.8 Å². The molecule has 0 unspecified atom stereocenters. The molecular formula is C17H15N2O4-. The number of aryl methyl sites for hydroxylation is 1. The predicted octanol–water partition coefficient (Wildman–Crippen LogP) is 0.970. The lowest BCUT2D eigenvalue weighted by Crippen LogP contribution is -2.27. The summed E-state index contributed by atoms with van der Waals surface area (Å²) >= 11 is 0. The molecule has 0 radical (unpaired) electrons. The average Bonchev–Trinajstić information content (AvgIpc) is 2.55. The van der Waals surface area contributed by atoms with Gasteiger partial charge in [-0.3, -0.25) is 9.59 Å². The number of benzene rings is 2. The van der Waals surface area contributed by atoms with E-state index >= 15 is 0 Å². The highest BCUT2D eigenvalue weighted by Crippen LogP contribution is 2.16. The molecule has 0 atom stereocenters. The molecule has 0 aliphatic rings. The summed E-state index contributed by atoms with van der Waals surface area (Å²) < 4.78 is 0. The number of aromatic carboxylic acids is 1. The summed E-state index contributed by atoms with van der Waals surface area (Å²) in [7, 11) is 1.45. The molecule has 0 saturated carbocycles. The molecule has 0 aliphatic carbocycles. The van der Waals surface area contributed by atoms with E-state index < -0.39 is 17.8 Å². The summed E-state index contributed by atoms with van der Waals surface area (Å²) in [5, 5.41) is 16.2. The number of hydrogen-bond donors (Lipinski definition) is 2. The molecule has 0 aromatic heterocycles. The van der Waals surface area contributed by atoms with Crippen LogP contribution in [0.5, 0.6) is 0 Å². The van der Waals surface area contributed by atoms with Gasteiger partial charge in [-0.25, -0.2) is 0 Å². The highest BCUT2D eigenvalue weighted by atomic mass is 16.4. The van der Waals surface area contributed by atoms with Gasteiger partial charge in [0.15, 0.2) is 0 Å². The van der Waals surface area contributed by atoms with E-state index in [-0.39, 0.29) is 16.7 Å². The summed E-state index contributed by atoms with van der Waals surface area (Å²) in [5.74, 6) is -2.53. The Morgan fingerprint density at radius 2 is 1.57 bits per heavy atom. The molecule has 2 aromatic rings. The molecule has 2 aromatic carbocycles. The van der Waals surface area contributed by atoms with Gasteiger partial charge >= 0.3 is 0 Å². The van der Waals surface area contributed by atoms with Crippen LogP contribution < -0.4 is 15.7 Å². The monoisotopic (exact) mass is 311 g/mol. The Morgan fingerprint density at radius 3 is 2.13 bits per heavy atom. The van der Waals surface area contributed by atoms with Crippen LogP contribution in [0, 0.1) is 6.92 Å². The van der Waals surface area contributed by atoms with Crippen LogP contribution in [-0.4, -0.2) is 24.8 Å². The van der Waals surface area contributed by atoms with Crippen LogP contribution in [0.1, 0.15) is 36.6 Å². The van der Waals surface area contributed by atoms with Gasteiger partial charge in [0.1, 0.15) is 0 Å². The number of anilines is 1. The minimum atomic E-state index is -1.48. The van der Waals surface area contributed by atoms with Crippen LogP contribution in [0.3, 0.4) is 0 Å². The number of carbonyl (C=O) groups is 3. The Kier molecular flexibility index (Phi) is 4.75. The molecule has 2 rings (SSSR count). The van der Waals surface area contributed by atoms with E-state index in [1.807, 2.05) is 19.1 Å². The fourth-order valence-electron chi connectivity index (χ4n) is 2.03. The molecule has 2 N–H and O–H groups in total. The quantitative estimate of drug-likeness (QED) is 0.879. The maximum absolute atomic E-state index is 12.4. The molecule has 0 heterocycles. The third kappa shape index (κ3) is 3.74. The van der Waals surface area contributed by atoms with Gasteiger partial charge in [-0.2, -0.15) is 0 Å². The largest absolute Gasteiger partial charge is 0.545 e. The third-order valence-electron chi connectivity index (χ3n) is 3.28. The van der Waals surface area contributed by atoms with Crippen LogP contribution in [0.15, 0.2) is 42.5 Å². The topological polar surface area (TPSA) is 98.3 Å². The number of hydrogen-bond acceptors (Lipinski definition) is 4. The maximum atomic E-state index is 12.4. The summed E-state index contributed by atoms with van der Waals surface area (Å²) in [5.41, 5.74) is 1.33. The standard InChI is InChI=1S/C17H16N2O4/c1-10-3-6-12(7-4-10)19-16(21)14-9-11(15(20)18-2)5-8-13(14)17(22)23/h3-9H,1-2H3,(H,18,20)(H,19,21)(H,22,23)/p-1. The van der Waals surface area contributed by atoms with Crippen molar-refractivity contribution in [1.29, 1.82) is 0 Å². The van der Waals surface area contributed by atoms with Crippen LogP contribution in [-0.2, 0) is 0 Å². The number of amides is 2. The van der Waals surface area contributed by atoms with Crippen LogP contribution >= 0.6 is 0 Å². The van der Waals surface area contributed by atoms with Crippen LogP contribution in [0.25, 0.3) is 0 Å². The van der Waals surface area contributed by atoms with Crippen molar-refractivity contribution in [2.45, 2.75) is 6.92 Å². The van der Waals surface area contributed by atoms with E-state index in [1.54, 1.807) is 12.1 Å². The van der Waals surface area contributed by atoms with E-state index in [4.69, 9.17) is 0 Å². The summed E-state index contributed by atoms with van der Waals surface area (Å²) in [6, 6.07) is 10.8. The molecule has 118 valence electrons. The SMILES string of the molecule is CNC(=O)c1ccc(C(=O)[O-])c(C(=O)Nc2ccc(C)cc2)c1. The van der Waals surface area contributed by atoms with Gasteiger partial charge in [0, 0.05) is 29.4 Å². The van der Waals surface area contributed by atoms with Crippen molar-refractivity contribution in [1.82, 2.24) is 5.32 Å². The first-order chi connectivity index (χ1) is 10.9. The van der Waals surface area contributed by atoms with Gasteiger partial charge in [-0.1, -0.05) is 23.8 Å². The summed E-state index contributed by atoms with van der Waals surface area (Å²) in [4.78, 5) is 35.2. The molecule has 6 heteroatoms. The fraction of sp³-hybridized carbons (Fsp3) is 0.118.